The van der Waals surface area contributed by atoms with E-state index in [1.54, 1.807) is 18.5 Å². The fraction of sp³-hybridized carbons (Fsp3) is 0.267. The van der Waals surface area contributed by atoms with Gasteiger partial charge in [-0.05, 0) is 47.4 Å². The van der Waals surface area contributed by atoms with Crippen LogP contribution in [-0.4, -0.2) is 33.6 Å². The van der Waals surface area contributed by atoms with Gasteiger partial charge in [-0.1, -0.05) is 13.0 Å². The van der Waals surface area contributed by atoms with Crippen LogP contribution in [0.25, 0.3) is 0 Å². The maximum absolute atomic E-state index is 13.2. The monoisotopic (exact) mass is 288 g/mol. The van der Waals surface area contributed by atoms with Crippen molar-refractivity contribution >= 4 is 12.6 Å². The smallest absolute Gasteiger partial charge is 0.423 e. The van der Waals surface area contributed by atoms with Gasteiger partial charge >= 0.3 is 7.12 Å². The number of pyridine rings is 1. The van der Waals surface area contributed by atoms with Crippen molar-refractivity contribution in [2.75, 3.05) is 6.54 Å². The first-order valence-corrected chi connectivity index (χ1v) is 6.86. The number of rotatable bonds is 6. The number of hydrogen-bond donors (Lipinski definition) is 2. The summed E-state index contributed by atoms with van der Waals surface area (Å²) >= 11 is 0. The van der Waals surface area contributed by atoms with Crippen molar-refractivity contribution in [2.45, 2.75) is 20.0 Å². The molecule has 1 heterocycles. The summed E-state index contributed by atoms with van der Waals surface area (Å²) in [7, 11) is -1.67. The summed E-state index contributed by atoms with van der Waals surface area (Å²) in [6, 6.07) is 7.98. The molecular weight excluding hydrogens is 270 g/mol. The SMILES string of the molecule is CCN(Cc1ccncc1)Cc1ccc(F)cc1B(O)O. The average Bonchev–Trinajstić information content (AvgIpc) is 2.49. The molecule has 6 heteroatoms. The van der Waals surface area contributed by atoms with Gasteiger partial charge in [-0.25, -0.2) is 4.39 Å². The summed E-state index contributed by atoms with van der Waals surface area (Å²) in [6.07, 6.45) is 3.48. The van der Waals surface area contributed by atoms with Gasteiger partial charge in [0.15, 0.2) is 0 Å². The Balaban J connectivity index is 2.15. The largest absolute Gasteiger partial charge is 0.488 e. The van der Waals surface area contributed by atoms with Gasteiger partial charge in [0.25, 0.3) is 0 Å². The van der Waals surface area contributed by atoms with Gasteiger partial charge in [0.1, 0.15) is 5.82 Å². The van der Waals surface area contributed by atoms with Gasteiger partial charge in [-0.2, -0.15) is 0 Å². The maximum atomic E-state index is 13.2. The highest BCUT2D eigenvalue weighted by atomic mass is 19.1. The maximum Gasteiger partial charge on any atom is 0.488 e. The van der Waals surface area contributed by atoms with Crippen LogP contribution >= 0.6 is 0 Å². The molecule has 0 saturated heterocycles. The Labute approximate surface area is 124 Å². The number of nitrogens with zero attached hydrogens (tertiary/aromatic N) is 2. The first-order chi connectivity index (χ1) is 10.1. The van der Waals surface area contributed by atoms with Gasteiger partial charge < -0.3 is 10.0 Å². The van der Waals surface area contributed by atoms with Gasteiger partial charge in [0.2, 0.25) is 0 Å². The second-order valence-corrected chi connectivity index (χ2v) is 4.88. The number of halogens is 1. The molecule has 0 spiro atoms. The minimum atomic E-state index is -1.67. The van der Waals surface area contributed by atoms with Gasteiger partial charge in [-0.3, -0.25) is 9.88 Å². The van der Waals surface area contributed by atoms with E-state index in [1.165, 1.54) is 12.1 Å². The van der Waals surface area contributed by atoms with E-state index in [9.17, 15) is 14.4 Å². The molecule has 1 aromatic heterocycles. The van der Waals surface area contributed by atoms with Crippen molar-refractivity contribution in [3.8, 4) is 0 Å². The predicted octanol–water partition coefficient (Wildman–Crippen LogP) is 0.923. The van der Waals surface area contributed by atoms with Crippen molar-refractivity contribution in [2.24, 2.45) is 0 Å². The second kappa shape index (κ2) is 7.31. The van der Waals surface area contributed by atoms with Crippen LogP contribution in [0.15, 0.2) is 42.7 Å². The molecule has 1 aromatic carbocycles. The van der Waals surface area contributed by atoms with Crippen LogP contribution in [0.2, 0.25) is 0 Å². The van der Waals surface area contributed by atoms with Gasteiger partial charge in [-0.15, -0.1) is 0 Å². The third-order valence-electron chi connectivity index (χ3n) is 3.38. The highest BCUT2D eigenvalue weighted by Gasteiger charge is 2.18. The minimum absolute atomic E-state index is 0.211. The molecule has 4 nitrogen and oxygen atoms in total. The molecule has 0 bridgehead atoms. The van der Waals surface area contributed by atoms with E-state index >= 15 is 0 Å². The van der Waals surface area contributed by atoms with E-state index < -0.39 is 12.9 Å². The first-order valence-electron chi connectivity index (χ1n) is 6.86. The second-order valence-electron chi connectivity index (χ2n) is 4.88. The third-order valence-corrected chi connectivity index (χ3v) is 3.38. The molecule has 0 saturated carbocycles. The summed E-state index contributed by atoms with van der Waals surface area (Å²) in [4.78, 5) is 6.12. The van der Waals surface area contributed by atoms with Crippen LogP contribution in [0.4, 0.5) is 4.39 Å². The molecular formula is C15H18BFN2O2. The Morgan fingerprint density at radius 3 is 2.48 bits per heavy atom. The summed E-state index contributed by atoms with van der Waals surface area (Å²) in [5.74, 6) is -0.473. The molecule has 0 aliphatic heterocycles. The van der Waals surface area contributed by atoms with Crippen molar-refractivity contribution in [3.63, 3.8) is 0 Å². The van der Waals surface area contributed by atoms with Crippen LogP contribution in [-0.2, 0) is 13.1 Å². The van der Waals surface area contributed by atoms with E-state index in [1.807, 2.05) is 19.1 Å². The standard InChI is InChI=1S/C15H18BFN2O2/c1-2-19(10-12-5-7-18-8-6-12)11-13-3-4-14(17)9-15(13)16(20)21/h3-9,20-21H,2,10-11H2,1H3. The fourth-order valence-corrected chi connectivity index (χ4v) is 2.22. The highest BCUT2D eigenvalue weighted by molar-refractivity contribution is 6.59. The van der Waals surface area contributed by atoms with Crippen molar-refractivity contribution < 1.29 is 14.4 Å². The molecule has 0 fully saturated rings. The predicted molar refractivity (Wildman–Crippen MR) is 80.3 cm³/mol. The lowest BCUT2D eigenvalue weighted by molar-refractivity contribution is 0.271. The van der Waals surface area contributed by atoms with Crippen molar-refractivity contribution in [1.82, 2.24) is 9.88 Å². The minimum Gasteiger partial charge on any atom is -0.423 e. The highest BCUT2D eigenvalue weighted by Crippen LogP contribution is 2.09. The zero-order chi connectivity index (χ0) is 15.2. The van der Waals surface area contributed by atoms with Crippen LogP contribution in [0.1, 0.15) is 18.1 Å². The topological polar surface area (TPSA) is 56.6 Å². The molecule has 0 unspecified atom stereocenters. The Bertz CT molecular complexity index is 581. The van der Waals surface area contributed by atoms with E-state index in [4.69, 9.17) is 0 Å². The van der Waals surface area contributed by atoms with Crippen LogP contribution in [0.3, 0.4) is 0 Å². The number of benzene rings is 1. The first kappa shape index (κ1) is 15.6. The molecule has 0 aliphatic rings. The molecule has 2 N–H and O–H groups in total. The summed E-state index contributed by atoms with van der Waals surface area (Å²) in [5.41, 5.74) is 2.05. The van der Waals surface area contributed by atoms with Gasteiger partial charge in [0, 0.05) is 25.5 Å². The van der Waals surface area contributed by atoms with Crippen molar-refractivity contribution in [1.29, 1.82) is 0 Å². The zero-order valence-corrected chi connectivity index (χ0v) is 11.9. The molecule has 2 rings (SSSR count). The normalized spacial score (nSPS) is 10.9. The molecule has 110 valence electrons. The van der Waals surface area contributed by atoms with E-state index in [-0.39, 0.29) is 5.46 Å². The molecule has 21 heavy (non-hydrogen) atoms. The van der Waals surface area contributed by atoms with E-state index in [0.29, 0.717) is 12.1 Å². The lowest BCUT2D eigenvalue weighted by Gasteiger charge is -2.22. The lowest BCUT2D eigenvalue weighted by Crippen LogP contribution is -2.36. The summed E-state index contributed by atoms with van der Waals surface area (Å²) in [5, 5.41) is 18.7. The molecule has 0 atom stereocenters. The van der Waals surface area contributed by atoms with Gasteiger partial charge in [0.05, 0.1) is 0 Å². The van der Waals surface area contributed by atoms with Crippen LogP contribution < -0.4 is 5.46 Å². The molecule has 0 amide bonds. The Hall–Kier alpha value is -1.76. The summed E-state index contributed by atoms with van der Waals surface area (Å²) in [6.45, 7) is 4.06. The van der Waals surface area contributed by atoms with E-state index in [0.717, 1.165) is 18.7 Å². The Morgan fingerprint density at radius 2 is 1.86 bits per heavy atom. The Kier molecular flexibility index (Phi) is 5.44. The average molecular weight is 288 g/mol. The molecule has 2 aromatic rings. The van der Waals surface area contributed by atoms with Crippen LogP contribution in [0.5, 0.6) is 0 Å². The lowest BCUT2D eigenvalue weighted by atomic mass is 9.77. The van der Waals surface area contributed by atoms with E-state index in [2.05, 4.69) is 9.88 Å². The Morgan fingerprint density at radius 1 is 1.14 bits per heavy atom. The summed E-state index contributed by atoms with van der Waals surface area (Å²) < 4.78 is 13.2. The molecule has 0 radical (unpaired) electrons. The van der Waals surface area contributed by atoms with Crippen LogP contribution in [0, 0.1) is 5.82 Å². The quantitative estimate of drug-likeness (QED) is 0.776. The number of aromatic nitrogens is 1. The fourth-order valence-electron chi connectivity index (χ4n) is 2.22. The third kappa shape index (κ3) is 4.36. The van der Waals surface area contributed by atoms with Crippen molar-refractivity contribution in [3.05, 3.63) is 59.7 Å². The zero-order valence-electron chi connectivity index (χ0n) is 11.9. The number of hydrogen-bond acceptors (Lipinski definition) is 4. The molecule has 0 aliphatic carbocycles.